The number of benzene rings is 1. The third kappa shape index (κ3) is 4.58. The van der Waals surface area contributed by atoms with E-state index in [4.69, 9.17) is 9.47 Å². The van der Waals surface area contributed by atoms with Crippen LogP contribution in [0, 0.1) is 17.0 Å². The molecule has 0 aliphatic carbocycles. The smallest absolute Gasteiger partial charge is 0.410 e. The number of rotatable bonds is 3. The summed E-state index contributed by atoms with van der Waals surface area (Å²) in [4.78, 5) is 24.0. The zero-order valence-corrected chi connectivity index (χ0v) is 13.9. The number of amides is 1. The first-order chi connectivity index (χ1) is 10.7. The van der Waals surface area contributed by atoms with Crippen LogP contribution >= 0.6 is 0 Å². The number of carbonyl (C=O) groups is 1. The average Bonchev–Trinajstić information content (AvgIpc) is 2.87. The van der Waals surface area contributed by atoms with E-state index in [1.807, 2.05) is 20.8 Å². The number of carbonyl (C=O) groups excluding carboxylic acids is 1. The minimum Gasteiger partial charge on any atom is -0.488 e. The van der Waals surface area contributed by atoms with Crippen LogP contribution in [0.25, 0.3) is 0 Å². The van der Waals surface area contributed by atoms with Crippen molar-refractivity contribution in [3.63, 3.8) is 0 Å². The molecule has 0 bridgehead atoms. The second kappa shape index (κ2) is 6.44. The van der Waals surface area contributed by atoms with E-state index in [0.29, 0.717) is 30.8 Å². The van der Waals surface area contributed by atoms with E-state index in [2.05, 4.69) is 0 Å². The number of non-ortho nitro benzene ring substituents is 1. The van der Waals surface area contributed by atoms with Crippen LogP contribution in [0.1, 0.15) is 32.8 Å². The fourth-order valence-electron chi connectivity index (χ4n) is 2.38. The van der Waals surface area contributed by atoms with Crippen molar-refractivity contribution in [3.05, 3.63) is 33.9 Å². The Morgan fingerprint density at radius 3 is 2.65 bits per heavy atom. The number of nitro benzene ring substituents is 1. The fraction of sp³-hybridized carbons (Fsp3) is 0.562. The van der Waals surface area contributed by atoms with Crippen LogP contribution in [0.5, 0.6) is 5.75 Å². The number of hydrogen-bond donors (Lipinski definition) is 0. The van der Waals surface area contributed by atoms with Crippen LogP contribution in [0.3, 0.4) is 0 Å². The monoisotopic (exact) mass is 322 g/mol. The Balaban J connectivity index is 1.96. The summed E-state index contributed by atoms with van der Waals surface area (Å²) in [6.07, 6.45) is 0.224. The Morgan fingerprint density at radius 2 is 2.09 bits per heavy atom. The number of likely N-dealkylation sites (tertiary alicyclic amines) is 1. The van der Waals surface area contributed by atoms with Crippen molar-refractivity contribution in [2.24, 2.45) is 0 Å². The van der Waals surface area contributed by atoms with Crippen molar-refractivity contribution in [2.45, 2.75) is 45.8 Å². The van der Waals surface area contributed by atoms with Gasteiger partial charge in [-0.15, -0.1) is 0 Å². The molecule has 7 heteroatoms. The van der Waals surface area contributed by atoms with Gasteiger partial charge in [0.25, 0.3) is 5.69 Å². The molecule has 1 aromatic carbocycles. The topological polar surface area (TPSA) is 81.9 Å². The normalized spacial score (nSPS) is 17.9. The third-order valence-electron chi connectivity index (χ3n) is 3.46. The van der Waals surface area contributed by atoms with E-state index < -0.39 is 10.5 Å². The highest BCUT2D eigenvalue weighted by Gasteiger charge is 2.31. The molecular weight excluding hydrogens is 300 g/mol. The number of nitrogens with zero attached hydrogens (tertiary/aromatic N) is 2. The van der Waals surface area contributed by atoms with Crippen LogP contribution in [0.15, 0.2) is 18.2 Å². The molecule has 1 saturated heterocycles. The molecule has 1 amide bonds. The van der Waals surface area contributed by atoms with Gasteiger partial charge in [0.1, 0.15) is 17.5 Å². The predicted octanol–water partition coefficient (Wildman–Crippen LogP) is 3.29. The molecule has 126 valence electrons. The lowest BCUT2D eigenvalue weighted by Crippen LogP contribution is -2.36. The van der Waals surface area contributed by atoms with Crippen LogP contribution in [0.4, 0.5) is 10.5 Å². The lowest BCUT2D eigenvalue weighted by atomic mass is 10.2. The molecule has 1 heterocycles. The molecule has 7 nitrogen and oxygen atoms in total. The summed E-state index contributed by atoms with van der Waals surface area (Å²) in [5.41, 5.74) is 0.219. The van der Waals surface area contributed by atoms with E-state index in [1.165, 1.54) is 12.1 Å². The highest BCUT2D eigenvalue weighted by atomic mass is 16.6. The Labute approximate surface area is 135 Å². The molecule has 0 spiro atoms. The number of hydrogen-bond acceptors (Lipinski definition) is 5. The van der Waals surface area contributed by atoms with Gasteiger partial charge in [-0.05, 0) is 39.3 Å². The van der Waals surface area contributed by atoms with Gasteiger partial charge in [0.2, 0.25) is 0 Å². The summed E-state index contributed by atoms with van der Waals surface area (Å²) >= 11 is 0. The molecule has 0 aromatic heterocycles. The first kappa shape index (κ1) is 17.1. The van der Waals surface area contributed by atoms with Crippen LogP contribution in [0.2, 0.25) is 0 Å². The van der Waals surface area contributed by atoms with Crippen molar-refractivity contribution in [1.29, 1.82) is 0 Å². The summed E-state index contributed by atoms with van der Waals surface area (Å²) in [5.74, 6) is 0.603. The first-order valence-corrected chi connectivity index (χ1v) is 7.55. The van der Waals surface area contributed by atoms with Gasteiger partial charge in [0.05, 0.1) is 11.5 Å². The van der Waals surface area contributed by atoms with Crippen LogP contribution in [-0.2, 0) is 4.74 Å². The average molecular weight is 322 g/mol. The summed E-state index contributed by atoms with van der Waals surface area (Å²) in [7, 11) is 0. The van der Waals surface area contributed by atoms with E-state index in [1.54, 1.807) is 17.9 Å². The summed E-state index contributed by atoms with van der Waals surface area (Å²) in [6.45, 7) is 8.28. The number of ether oxygens (including phenoxy) is 2. The zero-order chi connectivity index (χ0) is 17.2. The quantitative estimate of drug-likeness (QED) is 0.630. The molecule has 0 unspecified atom stereocenters. The van der Waals surface area contributed by atoms with Gasteiger partial charge >= 0.3 is 6.09 Å². The SMILES string of the molecule is Cc1cc([N+](=O)[O-])ccc1O[C@@H]1CCN(C(=O)OC(C)(C)C)C1. The molecule has 1 aromatic rings. The van der Waals surface area contributed by atoms with E-state index in [0.717, 1.165) is 0 Å². The first-order valence-electron chi connectivity index (χ1n) is 7.55. The molecule has 23 heavy (non-hydrogen) atoms. The Bertz CT molecular complexity index is 609. The second-order valence-electron chi connectivity index (χ2n) is 6.66. The van der Waals surface area contributed by atoms with Crippen molar-refractivity contribution < 1.29 is 19.2 Å². The largest absolute Gasteiger partial charge is 0.488 e. The van der Waals surface area contributed by atoms with E-state index in [-0.39, 0.29) is 17.9 Å². The maximum Gasteiger partial charge on any atom is 0.410 e. The molecule has 0 N–H and O–H groups in total. The van der Waals surface area contributed by atoms with Crippen LogP contribution < -0.4 is 4.74 Å². The molecule has 0 saturated carbocycles. The number of aryl methyl sites for hydroxylation is 1. The van der Waals surface area contributed by atoms with E-state index >= 15 is 0 Å². The Morgan fingerprint density at radius 1 is 1.39 bits per heavy atom. The number of nitro groups is 1. The standard InChI is InChI=1S/C16H22N2O5/c1-11-9-12(18(20)21)5-6-14(11)22-13-7-8-17(10-13)15(19)23-16(2,3)4/h5-6,9,13H,7-8,10H2,1-4H3/t13-/m1/s1. The minimum absolute atomic E-state index is 0.0386. The van der Waals surface area contributed by atoms with Gasteiger partial charge < -0.3 is 14.4 Å². The molecule has 1 aliphatic heterocycles. The van der Waals surface area contributed by atoms with E-state index in [9.17, 15) is 14.9 Å². The molecule has 2 rings (SSSR count). The maximum absolute atomic E-state index is 12.0. The molecule has 1 fully saturated rings. The van der Waals surface area contributed by atoms with Crippen molar-refractivity contribution in [2.75, 3.05) is 13.1 Å². The van der Waals surface area contributed by atoms with Gasteiger partial charge in [-0.2, -0.15) is 0 Å². The lowest BCUT2D eigenvalue weighted by Gasteiger charge is -2.24. The molecule has 0 radical (unpaired) electrons. The maximum atomic E-state index is 12.0. The summed E-state index contributed by atoms with van der Waals surface area (Å²) in [5, 5.41) is 10.7. The third-order valence-corrected chi connectivity index (χ3v) is 3.46. The van der Waals surface area contributed by atoms with Crippen molar-refractivity contribution >= 4 is 11.8 Å². The Kier molecular flexibility index (Phi) is 4.77. The van der Waals surface area contributed by atoms with Gasteiger partial charge in [0.15, 0.2) is 0 Å². The Hall–Kier alpha value is -2.31. The highest BCUT2D eigenvalue weighted by Crippen LogP contribution is 2.26. The van der Waals surface area contributed by atoms with Gasteiger partial charge in [-0.1, -0.05) is 0 Å². The minimum atomic E-state index is -0.523. The van der Waals surface area contributed by atoms with Gasteiger partial charge in [0, 0.05) is 25.1 Å². The summed E-state index contributed by atoms with van der Waals surface area (Å²) < 4.78 is 11.2. The lowest BCUT2D eigenvalue weighted by molar-refractivity contribution is -0.384. The van der Waals surface area contributed by atoms with Crippen molar-refractivity contribution in [3.8, 4) is 5.75 Å². The molecule has 1 atom stereocenters. The highest BCUT2D eigenvalue weighted by molar-refractivity contribution is 5.68. The van der Waals surface area contributed by atoms with Gasteiger partial charge in [-0.3, -0.25) is 10.1 Å². The second-order valence-corrected chi connectivity index (χ2v) is 6.66. The molecule has 1 aliphatic rings. The van der Waals surface area contributed by atoms with Crippen LogP contribution in [-0.4, -0.2) is 40.7 Å². The predicted molar refractivity (Wildman–Crippen MR) is 84.7 cm³/mol. The van der Waals surface area contributed by atoms with Gasteiger partial charge in [-0.25, -0.2) is 4.79 Å². The fourth-order valence-corrected chi connectivity index (χ4v) is 2.38. The zero-order valence-electron chi connectivity index (χ0n) is 13.9. The van der Waals surface area contributed by atoms with Crippen molar-refractivity contribution in [1.82, 2.24) is 4.90 Å². The molecular formula is C16H22N2O5. The summed E-state index contributed by atoms with van der Waals surface area (Å²) in [6, 6.07) is 4.50.